The van der Waals surface area contributed by atoms with Crippen LogP contribution in [0.1, 0.15) is 41.1 Å². The van der Waals surface area contributed by atoms with Gasteiger partial charge in [-0.25, -0.2) is 0 Å². The Balaban J connectivity index is 1.54. The van der Waals surface area contributed by atoms with E-state index in [0.717, 1.165) is 16.9 Å². The van der Waals surface area contributed by atoms with Gasteiger partial charge in [0.05, 0.1) is 6.54 Å². The van der Waals surface area contributed by atoms with Crippen LogP contribution in [0.25, 0.3) is 0 Å². The molecule has 0 bridgehead atoms. The number of thiophene rings is 1. The van der Waals surface area contributed by atoms with Crippen molar-refractivity contribution in [3.05, 3.63) is 82.0 Å². The molecule has 2 aromatic carbocycles. The summed E-state index contributed by atoms with van der Waals surface area (Å²) in [5.41, 5.74) is 1.55. The highest BCUT2D eigenvalue weighted by Gasteiger charge is 2.26. The molecule has 0 N–H and O–H groups in total. The molecule has 0 saturated heterocycles. The predicted octanol–water partition coefficient (Wildman–Crippen LogP) is 5.19. The molecular formula is C27H30N2O4S. The molecule has 0 spiro atoms. The maximum atomic E-state index is 13.6. The van der Waals surface area contributed by atoms with Gasteiger partial charge in [-0.05, 0) is 41.1 Å². The van der Waals surface area contributed by atoms with E-state index in [-0.39, 0.29) is 31.1 Å². The van der Waals surface area contributed by atoms with Crippen LogP contribution in [0.5, 0.6) is 11.5 Å². The maximum Gasteiger partial charge on any atom is 0.254 e. The van der Waals surface area contributed by atoms with Crippen molar-refractivity contribution in [1.29, 1.82) is 0 Å². The fourth-order valence-corrected chi connectivity index (χ4v) is 4.55. The van der Waals surface area contributed by atoms with Crippen LogP contribution in [0.2, 0.25) is 0 Å². The molecule has 178 valence electrons. The molecular weight excluding hydrogens is 448 g/mol. The average Bonchev–Trinajstić information content (AvgIpc) is 3.54. The molecule has 1 atom stereocenters. The van der Waals surface area contributed by atoms with E-state index in [9.17, 15) is 9.59 Å². The van der Waals surface area contributed by atoms with Gasteiger partial charge in [0.1, 0.15) is 6.54 Å². The van der Waals surface area contributed by atoms with Gasteiger partial charge in [0.2, 0.25) is 12.7 Å². The number of hydrogen-bond donors (Lipinski definition) is 0. The zero-order valence-corrected chi connectivity index (χ0v) is 20.4. The topological polar surface area (TPSA) is 59.1 Å². The van der Waals surface area contributed by atoms with Gasteiger partial charge in [0.15, 0.2) is 11.5 Å². The highest BCUT2D eigenvalue weighted by molar-refractivity contribution is 7.09. The number of benzene rings is 2. The van der Waals surface area contributed by atoms with E-state index in [1.54, 1.807) is 34.4 Å². The number of ether oxygens (including phenoxy) is 2. The van der Waals surface area contributed by atoms with E-state index >= 15 is 0 Å². The van der Waals surface area contributed by atoms with E-state index in [1.165, 1.54) is 0 Å². The summed E-state index contributed by atoms with van der Waals surface area (Å²) in [7, 11) is 0. The van der Waals surface area contributed by atoms with E-state index < -0.39 is 0 Å². The summed E-state index contributed by atoms with van der Waals surface area (Å²) in [5.74, 6) is 1.21. The lowest BCUT2D eigenvalue weighted by molar-refractivity contribution is -0.133. The van der Waals surface area contributed by atoms with Crippen molar-refractivity contribution in [2.24, 2.45) is 5.92 Å². The molecule has 2 amide bonds. The van der Waals surface area contributed by atoms with E-state index in [0.29, 0.717) is 36.7 Å². The first-order valence-electron chi connectivity index (χ1n) is 11.6. The fourth-order valence-electron chi connectivity index (χ4n) is 3.83. The second kappa shape index (κ2) is 11.2. The smallest absolute Gasteiger partial charge is 0.254 e. The van der Waals surface area contributed by atoms with Crippen LogP contribution < -0.4 is 9.47 Å². The molecule has 1 aliphatic heterocycles. The largest absolute Gasteiger partial charge is 0.454 e. The highest BCUT2D eigenvalue weighted by atomic mass is 32.1. The standard InChI is InChI=1S/C27H30N2O4S/c1-3-20(2)15-29(27(31)22-11-12-24-25(14-22)33-19-32-24)18-26(30)28(17-23-10-7-13-34-23)16-21-8-5-4-6-9-21/h4-14,20H,3,15-19H2,1-2H3. The summed E-state index contributed by atoms with van der Waals surface area (Å²) in [6, 6.07) is 19.2. The van der Waals surface area contributed by atoms with Crippen molar-refractivity contribution in [2.75, 3.05) is 19.9 Å². The first-order valence-corrected chi connectivity index (χ1v) is 12.4. The van der Waals surface area contributed by atoms with Gasteiger partial charge in [-0.2, -0.15) is 0 Å². The van der Waals surface area contributed by atoms with Crippen LogP contribution in [0.4, 0.5) is 0 Å². The number of fused-ring (bicyclic) bond motifs is 1. The Morgan fingerprint density at radius 2 is 1.76 bits per heavy atom. The van der Waals surface area contributed by atoms with Crippen LogP contribution in [0.15, 0.2) is 66.0 Å². The van der Waals surface area contributed by atoms with Crippen LogP contribution in [0.3, 0.4) is 0 Å². The van der Waals surface area contributed by atoms with Gasteiger partial charge in [-0.1, -0.05) is 56.7 Å². The monoisotopic (exact) mass is 478 g/mol. The molecule has 4 rings (SSSR count). The van der Waals surface area contributed by atoms with E-state index in [1.807, 2.05) is 52.7 Å². The average molecular weight is 479 g/mol. The number of hydrogen-bond acceptors (Lipinski definition) is 5. The lowest BCUT2D eigenvalue weighted by Crippen LogP contribution is -2.44. The summed E-state index contributed by atoms with van der Waals surface area (Å²) < 4.78 is 10.8. The molecule has 6 nitrogen and oxygen atoms in total. The molecule has 0 saturated carbocycles. The lowest BCUT2D eigenvalue weighted by Gasteiger charge is -2.29. The quantitative estimate of drug-likeness (QED) is 0.402. The summed E-state index contributed by atoms with van der Waals surface area (Å²) in [6.45, 7) is 5.88. The van der Waals surface area contributed by atoms with Gasteiger partial charge < -0.3 is 19.3 Å². The van der Waals surface area contributed by atoms with Gasteiger partial charge in [0, 0.05) is 23.5 Å². The Morgan fingerprint density at radius 1 is 0.971 bits per heavy atom. The third-order valence-electron chi connectivity index (χ3n) is 5.96. The Labute approximate surface area is 204 Å². The van der Waals surface area contributed by atoms with Crippen molar-refractivity contribution in [1.82, 2.24) is 9.80 Å². The highest BCUT2D eigenvalue weighted by Crippen LogP contribution is 2.33. The van der Waals surface area contributed by atoms with Gasteiger partial charge in [-0.15, -0.1) is 11.3 Å². The minimum atomic E-state index is -0.178. The minimum Gasteiger partial charge on any atom is -0.454 e. The molecule has 0 radical (unpaired) electrons. The Kier molecular flexibility index (Phi) is 7.85. The van der Waals surface area contributed by atoms with Crippen LogP contribution >= 0.6 is 11.3 Å². The second-order valence-corrected chi connectivity index (χ2v) is 9.61. The fraction of sp³-hybridized carbons (Fsp3) is 0.333. The third kappa shape index (κ3) is 5.97. The molecule has 3 aromatic rings. The van der Waals surface area contributed by atoms with Crippen LogP contribution in [-0.4, -0.2) is 41.5 Å². The zero-order chi connectivity index (χ0) is 23.9. The van der Waals surface area contributed by atoms with E-state index in [2.05, 4.69) is 13.8 Å². The predicted molar refractivity (Wildman–Crippen MR) is 133 cm³/mol. The zero-order valence-electron chi connectivity index (χ0n) is 19.6. The third-order valence-corrected chi connectivity index (χ3v) is 6.82. The van der Waals surface area contributed by atoms with Crippen molar-refractivity contribution >= 4 is 23.2 Å². The van der Waals surface area contributed by atoms with Gasteiger partial charge in [-0.3, -0.25) is 9.59 Å². The van der Waals surface area contributed by atoms with Crippen LogP contribution in [0, 0.1) is 5.92 Å². The number of carbonyl (C=O) groups excluding carboxylic acids is 2. The number of amides is 2. The Bertz CT molecular complexity index is 1100. The molecule has 1 aliphatic rings. The minimum absolute atomic E-state index is 0.0236. The van der Waals surface area contributed by atoms with Crippen molar-refractivity contribution in [3.8, 4) is 11.5 Å². The number of rotatable bonds is 10. The van der Waals surface area contributed by atoms with E-state index in [4.69, 9.17) is 9.47 Å². The summed E-state index contributed by atoms with van der Waals surface area (Å²) in [4.78, 5) is 31.7. The van der Waals surface area contributed by atoms with Gasteiger partial charge in [0.25, 0.3) is 5.91 Å². The molecule has 1 aromatic heterocycles. The van der Waals surface area contributed by atoms with Crippen molar-refractivity contribution < 1.29 is 19.1 Å². The Morgan fingerprint density at radius 3 is 2.50 bits per heavy atom. The molecule has 34 heavy (non-hydrogen) atoms. The molecule has 0 aliphatic carbocycles. The first-order chi connectivity index (χ1) is 16.5. The van der Waals surface area contributed by atoms with Crippen LogP contribution in [-0.2, 0) is 17.9 Å². The summed E-state index contributed by atoms with van der Waals surface area (Å²) in [6.07, 6.45) is 0.919. The first kappa shape index (κ1) is 23.8. The summed E-state index contributed by atoms with van der Waals surface area (Å²) in [5, 5.41) is 2.01. The molecule has 7 heteroatoms. The number of nitrogens with zero attached hydrogens (tertiary/aromatic N) is 2. The normalized spacial score (nSPS) is 12.9. The number of carbonyl (C=O) groups is 2. The Hall–Kier alpha value is -3.32. The van der Waals surface area contributed by atoms with Gasteiger partial charge >= 0.3 is 0 Å². The van der Waals surface area contributed by atoms with Crippen molar-refractivity contribution in [3.63, 3.8) is 0 Å². The summed E-state index contributed by atoms with van der Waals surface area (Å²) >= 11 is 1.63. The SMILES string of the molecule is CCC(C)CN(CC(=O)N(Cc1ccccc1)Cc1cccs1)C(=O)c1ccc2c(c1)OCO2. The molecule has 2 heterocycles. The second-order valence-electron chi connectivity index (χ2n) is 8.58. The lowest BCUT2D eigenvalue weighted by atomic mass is 10.1. The maximum absolute atomic E-state index is 13.6. The molecule has 1 unspecified atom stereocenters. The van der Waals surface area contributed by atoms with Crippen molar-refractivity contribution in [2.45, 2.75) is 33.4 Å². The molecule has 0 fully saturated rings.